The van der Waals surface area contributed by atoms with Crippen molar-refractivity contribution in [2.45, 2.75) is 19.4 Å². The van der Waals surface area contributed by atoms with E-state index in [2.05, 4.69) is 10.6 Å². The number of carbonyl (C=O) groups is 3. The molecule has 28 heavy (non-hydrogen) atoms. The zero-order valence-electron chi connectivity index (χ0n) is 15.6. The number of ether oxygens (including phenoxy) is 1. The van der Waals surface area contributed by atoms with Crippen LogP contribution in [-0.4, -0.2) is 30.9 Å². The first-order chi connectivity index (χ1) is 13.4. The van der Waals surface area contributed by atoms with Crippen molar-refractivity contribution < 1.29 is 19.1 Å². The van der Waals surface area contributed by atoms with Crippen LogP contribution in [0.25, 0.3) is 6.08 Å². The molecule has 0 aliphatic heterocycles. The van der Waals surface area contributed by atoms with Gasteiger partial charge in [0.15, 0.2) is 0 Å². The summed E-state index contributed by atoms with van der Waals surface area (Å²) in [6.07, 6.45) is 1.76. The number of carbonyl (C=O) groups excluding carboxylic acids is 3. The fraction of sp³-hybridized carbons (Fsp3) is 0.190. The molecule has 0 heterocycles. The minimum Gasteiger partial charge on any atom is -0.467 e. The lowest BCUT2D eigenvalue weighted by Gasteiger charge is -2.18. The third-order valence-corrected chi connectivity index (χ3v) is 4.06. The second-order valence-electron chi connectivity index (χ2n) is 6.03. The van der Waals surface area contributed by atoms with Gasteiger partial charge in [0.2, 0.25) is 5.91 Å². The molecule has 0 fully saturated rings. The summed E-state index contributed by atoms with van der Waals surface area (Å²) in [6.45, 7) is 1.30. The highest BCUT2D eigenvalue weighted by Crippen LogP contribution is 2.12. The van der Waals surface area contributed by atoms with Crippen LogP contribution in [0.2, 0.25) is 5.02 Å². The average Bonchev–Trinajstić information content (AvgIpc) is 2.68. The lowest BCUT2D eigenvalue weighted by atomic mass is 10.1. The quantitative estimate of drug-likeness (QED) is 0.553. The molecule has 6 nitrogen and oxygen atoms in total. The molecular formula is C21H21ClN2O4. The average molecular weight is 401 g/mol. The van der Waals surface area contributed by atoms with Crippen LogP contribution in [0.3, 0.4) is 0 Å². The zero-order valence-corrected chi connectivity index (χ0v) is 16.3. The summed E-state index contributed by atoms with van der Waals surface area (Å²) >= 11 is 5.87. The van der Waals surface area contributed by atoms with E-state index in [-0.39, 0.29) is 12.1 Å². The van der Waals surface area contributed by atoms with E-state index in [4.69, 9.17) is 16.3 Å². The summed E-state index contributed by atoms with van der Waals surface area (Å²) < 4.78 is 4.80. The van der Waals surface area contributed by atoms with Crippen LogP contribution in [0.1, 0.15) is 18.1 Å². The second kappa shape index (κ2) is 10.3. The summed E-state index contributed by atoms with van der Waals surface area (Å²) in [5, 5.41) is 5.68. The Kier molecular flexibility index (Phi) is 7.77. The van der Waals surface area contributed by atoms with Crippen molar-refractivity contribution in [2.75, 3.05) is 7.11 Å². The van der Waals surface area contributed by atoms with E-state index < -0.39 is 23.8 Å². The Morgan fingerprint density at radius 1 is 1.07 bits per heavy atom. The summed E-state index contributed by atoms with van der Waals surface area (Å²) in [4.78, 5) is 36.4. The smallest absolute Gasteiger partial charge is 0.328 e. The summed E-state index contributed by atoms with van der Waals surface area (Å²) in [5.41, 5.74) is 1.54. The number of amides is 2. The maximum atomic E-state index is 12.7. The molecule has 0 aliphatic carbocycles. The van der Waals surface area contributed by atoms with Crippen LogP contribution in [0.15, 0.2) is 60.3 Å². The van der Waals surface area contributed by atoms with Gasteiger partial charge in [0.1, 0.15) is 11.7 Å². The highest BCUT2D eigenvalue weighted by Gasteiger charge is 2.24. The van der Waals surface area contributed by atoms with E-state index in [1.54, 1.807) is 24.3 Å². The fourth-order valence-electron chi connectivity index (χ4n) is 2.50. The Bertz CT molecular complexity index is 864. The normalized spacial score (nSPS) is 12.0. The summed E-state index contributed by atoms with van der Waals surface area (Å²) in [7, 11) is 1.25. The highest BCUT2D eigenvalue weighted by molar-refractivity contribution is 6.30. The topological polar surface area (TPSA) is 84.5 Å². The van der Waals surface area contributed by atoms with Crippen LogP contribution in [0.4, 0.5) is 0 Å². The van der Waals surface area contributed by atoms with E-state index in [1.807, 2.05) is 30.3 Å². The van der Waals surface area contributed by atoms with Gasteiger partial charge in [0.05, 0.1) is 7.11 Å². The predicted molar refractivity (Wildman–Crippen MR) is 107 cm³/mol. The van der Waals surface area contributed by atoms with Gasteiger partial charge >= 0.3 is 5.97 Å². The van der Waals surface area contributed by atoms with E-state index in [9.17, 15) is 14.4 Å². The van der Waals surface area contributed by atoms with Gasteiger partial charge in [0, 0.05) is 18.4 Å². The number of esters is 1. The molecule has 146 valence electrons. The fourth-order valence-corrected chi connectivity index (χ4v) is 2.62. The third kappa shape index (κ3) is 6.55. The van der Waals surface area contributed by atoms with Gasteiger partial charge in [0.25, 0.3) is 5.91 Å². The van der Waals surface area contributed by atoms with Gasteiger partial charge in [-0.05, 0) is 29.3 Å². The monoisotopic (exact) mass is 400 g/mol. The molecular weight excluding hydrogens is 380 g/mol. The lowest BCUT2D eigenvalue weighted by molar-refractivity contribution is -0.144. The zero-order chi connectivity index (χ0) is 20.5. The van der Waals surface area contributed by atoms with Crippen molar-refractivity contribution >= 4 is 35.5 Å². The van der Waals surface area contributed by atoms with Crippen molar-refractivity contribution in [2.24, 2.45) is 0 Å². The number of hydrogen-bond acceptors (Lipinski definition) is 4. The van der Waals surface area contributed by atoms with Gasteiger partial charge in [-0.2, -0.15) is 0 Å². The molecule has 7 heteroatoms. The van der Waals surface area contributed by atoms with Crippen molar-refractivity contribution in [1.29, 1.82) is 0 Å². The van der Waals surface area contributed by atoms with E-state index >= 15 is 0 Å². The van der Waals surface area contributed by atoms with Gasteiger partial charge < -0.3 is 15.4 Å². The molecule has 0 radical (unpaired) electrons. The lowest BCUT2D eigenvalue weighted by Crippen LogP contribution is -2.45. The summed E-state index contributed by atoms with van der Waals surface area (Å²) in [6, 6.07) is 15.1. The summed E-state index contributed by atoms with van der Waals surface area (Å²) in [5.74, 6) is -1.59. The van der Waals surface area contributed by atoms with E-state index in [0.717, 1.165) is 5.56 Å². The minimum atomic E-state index is -0.901. The first-order valence-electron chi connectivity index (χ1n) is 8.56. The van der Waals surface area contributed by atoms with Crippen molar-refractivity contribution in [3.63, 3.8) is 0 Å². The Labute approximate surface area is 168 Å². The molecule has 0 bridgehead atoms. The van der Waals surface area contributed by atoms with Crippen molar-refractivity contribution in [3.05, 3.63) is 76.4 Å². The van der Waals surface area contributed by atoms with Gasteiger partial charge in [-0.1, -0.05) is 54.1 Å². The largest absolute Gasteiger partial charge is 0.467 e. The molecule has 0 spiro atoms. The number of nitrogens with one attached hydrogen (secondary N) is 2. The van der Waals surface area contributed by atoms with Crippen LogP contribution < -0.4 is 10.6 Å². The molecule has 0 aliphatic rings. The van der Waals surface area contributed by atoms with Gasteiger partial charge in [-0.25, -0.2) is 4.79 Å². The maximum absolute atomic E-state index is 12.7. The Morgan fingerprint density at radius 3 is 2.29 bits per heavy atom. The number of methoxy groups -OCH3 is 1. The number of hydrogen-bond donors (Lipinski definition) is 2. The molecule has 0 aromatic heterocycles. The molecule has 2 rings (SSSR count). The first kappa shape index (κ1) is 21.2. The van der Waals surface area contributed by atoms with E-state index in [0.29, 0.717) is 10.6 Å². The Hall–Kier alpha value is -3.12. The number of benzene rings is 2. The number of halogens is 1. The van der Waals surface area contributed by atoms with Gasteiger partial charge in [-0.15, -0.1) is 0 Å². The molecule has 0 saturated carbocycles. The maximum Gasteiger partial charge on any atom is 0.328 e. The molecule has 2 N–H and O–H groups in total. The van der Waals surface area contributed by atoms with Crippen LogP contribution in [0, 0.1) is 0 Å². The molecule has 0 saturated heterocycles. The van der Waals surface area contributed by atoms with Crippen molar-refractivity contribution in [1.82, 2.24) is 10.6 Å². The molecule has 2 amide bonds. The van der Waals surface area contributed by atoms with E-state index in [1.165, 1.54) is 20.1 Å². The van der Waals surface area contributed by atoms with Crippen LogP contribution in [0.5, 0.6) is 0 Å². The minimum absolute atomic E-state index is 0.0109. The van der Waals surface area contributed by atoms with Crippen LogP contribution in [-0.2, 0) is 25.5 Å². The Morgan fingerprint density at radius 2 is 1.71 bits per heavy atom. The standard InChI is InChI=1S/C21H21ClN2O4/c1-14(25)23-18(12-16-8-10-17(22)11-9-16)20(26)24-19(21(27)28-2)13-15-6-4-3-5-7-15/h3-12,19H,13H2,1-2H3,(H,23,25)(H,24,26)/b18-12+/t19-/m0/s1. The molecule has 0 unspecified atom stereocenters. The highest BCUT2D eigenvalue weighted by atomic mass is 35.5. The molecule has 2 aromatic rings. The van der Waals surface area contributed by atoms with Crippen molar-refractivity contribution in [3.8, 4) is 0 Å². The molecule has 2 aromatic carbocycles. The van der Waals surface area contributed by atoms with Gasteiger partial charge in [-0.3, -0.25) is 9.59 Å². The Balaban J connectivity index is 2.24. The van der Waals surface area contributed by atoms with Crippen LogP contribution >= 0.6 is 11.6 Å². The first-order valence-corrected chi connectivity index (χ1v) is 8.94. The molecule has 1 atom stereocenters. The second-order valence-corrected chi connectivity index (χ2v) is 6.47. The predicted octanol–water partition coefficient (Wildman–Crippen LogP) is 2.72. The SMILES string of the molecule is COC(=O)[C@H](Cc1ccccc1)NC(=O)/C(=C\c1ccc(Cl)cc1)NC(C)=O. The third-order valence-electron chi connectivity index (χ3n) is 3.81. The number of rotatable bonds is 7.